The summed E-state index contributed by atoms with van der Waals surface area (Å²) in [7, 11) is 0. The Hall–Kier alpha value is -1.54. The molecule has 1 N–H and O–H groups in total. The van der Waals surface area contributed by atoms with Crippen molar-refractivity contribution >= 4 is 17.3 Å². The van der Waals surface area contributed by atoms with E-state index in [1.165, 1.54) is 6.07 Å². The first-order chi connectivity index (χ1) is 8.16. The monoisotopic (exact) mass is 249 g/mol. The average Bonchev–Trinajstić information content (AvgIpc) is 2.32. The molecule has 2 rings (SSSR count). The quantitative estimate of drug-likeness (QED) is 0.850. The molecule has 0 fully saturated rings. The van der Waals surface area contributed by atoms with E-state index >= 15 is 0 Å². The van der Waals surface area contributed by atoms with E-state index in [2.05, 4.69) is 5.32 Å². The minimum Gasteiger partial charge on any atom is -0.381 e. The molecule has 0 spiro atoms. The standard InChI is InChI=1S/C14H13ClFN/c1-10-6-7-12(15)8-14(10)17-9-11-4-2-3-5-13(11)16/h2-8,17H,9H2,1H3. The second-order valence-electron chi connectivity index (χ2n) is 3.90. The maximum Gasteiger partial charge on any atom is 0.128 e. The van der Waals surface area contributed by atoms with Crippen LogP contribution in [0, 0.1) is 12.7 Å². The van der Waals surface area contributed by atoms with Gasteiger partial charge in [0.2, 0.25) is 0 Å². The second kappa shape index (κ2) is 5.19. The molecule has 0 amide bonds. The molecule has 0 radical (unpaired) electrons. The number of anilines is 1. The molecule has 0 aliphatic heterocycles. The molecular formula is C14H13ClFN. The lowest BCUT2D eigenvalue weighted by molar-refractivity contribution is 0.613. The van der Waals surface area contributed by atoms with Crippen molar-refractivity contribution in [1.29, 1.82) is 0 Å². The van der Waals surface area contributed by atoms with Crippen molar-refractivity contribution in [2.24, 2.45) is 0 Å². The Kier molecular flexibility index (Phi) is 3.64. The number of benzene rings is 2. The first-order valence-corrected chi connectivity index (χ1v) is 5.78. The maximum atomic E-state index is 13.4. The summed E-state index contributed by atoms with van der Waals surface area (Å²) in [4.78, 5) is 0. The number of nitrogens with one attached hydrogen (secondary N) is 1. The summed E-state index contributed by atoms with van der Waals surface area (Å²) in [5.74, 6) is -0.195. The number of rotatable bonds is 3. The molecule has 0 saturated carbocycles. The van der Waals surface area contributed by atoms with E-state index in [1.807, 2.05) is 31.2 Å². The predicted molar refractivity (Wildman–Crippen MR) is 69.9 cm³/mol. The van der Waals surface area contributed by atoms with E-state index in [9.17, 15) is 4.39 Å². The van der Waals surface area contributed by atoms with Crippen LogP contribution in [0.3, 0.4) is 0 Å². The number of aryl methyl sites for hydroxylation is 1. The zero-order chi connectivity index (χ0) is 12.3. The summed E-state index contributed by atoms with van der Waals surface area (Å²) in [5, 5.41) is 3.86. The molecular weight excluding hydrogens is 237 g/mol. The van der Waals surface area contributed by atoms with Crippen molar-refractivity contribution < 1.29 is 4.39 Å². The van der Waals surface area contributed by atoms with Crippen molar-refractivity contribution in [1.82, 2.24) is 0 Å². The first-order valence-electron chi connectivity index (χ1n) is 5.40. The lowest BCUT2D eigenvalue weighted by atomic mass is 10.1. The van der Waals surface area contributed by atoms with Gasteiger partial charge in [-0.25, -0.2) is 4.39 Å². The summed E-state index contributed by atoms with van der Waals surface area (Å²) >= 11 is 5.92. The third kappa shape index (κ3) is 2.98. The minimum absolute atomic E-state index is 0.195. The van der Waals surface area contributed by atoms with Gasteiger partial charge in [0.25, 0.3) is 0 Å². The van der Waals surface area contributed by atoms with Crippen LogP contribution in [0.4, 0.5) is 10.1 Å². The lowest BCUT2D eigenvalue weighted by Gasteiger charge is -2.10. The minimum atomic E-state index is -0.195. The summed E-state index contributed by atoms with van der Waals surface area (Å²) in [5.41, 5.74) is 2.67. The molecule has 88 valence electrons. The molecule has 0 aromatic heterocycles. The molecule has 1 nitrogen and oxygen atoms in total. The van der Waals surface area contributed by atoms with Crippen LogP contribution < -0.4 is 5.32 Å². The normalized spacial score (nSPS) is 10.3. The van der Waals surface area contributed by atoms with Gasteiger partial charge < -0.3 is 5.32 Å². The maximum absolute atomic E-state index is 13.4. The van der Waals surface area contributed by atoms with E-state index in [0.717, 1.165) is 11.3 Å². The molecule has 17 heavy (non-hydrogen) atoms. The van der Waals surface area contributed by atoms with Gasteiger partial charge in [-0.2, -0.15) is 0 Å². The molecule has 0 bridgehead atoms. The Morgan fingerprint density at radius 1 is 1.18 bits per heavy atom. The molecule has 0 atom stereocenters. The largest absolute Gasteiger partial charge is 0.381 e. The molecule has 0 unspecified atom stereocenters. The van der Waals surface area contributed by atoms with Crippen LogP contribution in [-0.2, 0) is 6.54 Å². The van der Waals surface area contributed by atoms with Crippen molar-refractivity contribution in [2.45, 2.75) is 13.5 Å². The molecule has 0 aliphatic carbocycles. The fourth-order valence-electron chi connectivity index (χ4n) is 1.62. The topological polar surface area (TPSA) is 12.0 Å². The van der Waals surface area contributed by atoms with Gasteiger partial charge in [-0.1, -0.05) is 35.9 Å². The van der Waals surface area contributed by atoms with Crippen LogP contribution in [0.25, 0.3) is 0 Å². The van der Waals surface area contributed by atoms with E-state index in [1.54, 1.807) is 12.1 Å². The van der Waals surface area contributed by atoms with Gasteiger partial charge in [-0.3, -0.25) is 0 Å². The third-order valence-corrected chi connectivity index (χ3v) is 2.86. The van der Waals surface area contributed by atoms with E-state index in [-0.39, 0.29) is 5.82 Å². The van der Waals surface area contributed by atoms with Gasteiger partial charge >= 0.3 is 0 Å². The van der Waals surface area contributed by atoms with Crippen LogP contribution >= 0.6 is 11.6 Å². The first kappa shape index (κ1) is 11.9. The summed E-state index contributed by atoms with van der Waals surface area (Å²) in [6, 6.07) is 12.4. The second-order valence-corrected chi connectivity index (χ2v) is 4.34. The van der Waals surface area contributed by atoms with Gasteiger partial charge in [-0.05, 0) is 30.7 Å². The van der Waals surface area contributed by atoms with Crippen molar-refractivity contribution in [2.75, 3.05) is 5.32 Å². The smallest absolute Gasteiger partial charge is 0.128 e. The highest BCUT2D eigenvalue weighted by molar-refractivity contribution is 6.30. The average molecular weight is 250 g/mol. The number of hydrogen-bond donors (Lipinski definition) is 1. The number of halogens is 2. The fourth-order valence-corrected chi connectivity index (χ4v) is 1.79. The molecule has 0 aliphatic rings. The van der Waals surface area contributed by atoms with Gasteiger partial charge in [0.1, 0.15) is 5.82 Å². The predicted octanol–water partition coefficient (Wildman–Crippen LogP) is 4.40. The van der Waals surface area contributed by atoms with Gasteiger partial charge in [-0.15, -0.1) is 0 Å². The van der Waals surface area contributed by atoms with E-state index in [4.69, 9.17) is 11.6 Å². The zero-order valence-electron chi connectivity index (χ0n) is 9.50. The van der Waals surface area contributed by atoms with E-state index in [0.29, 0.717) is 17.1 Å². The Morgan fingerprint density at radius 3 is 2.71 bits per heavy atom. The Balaban J connectivity index is 2.12. The van der Waals surface area contributed by atoms with Crippen molar-refractivity contribution in [3.63, 3.8) is 0 Å². The summed E-state index contributed by atoms with van der Waals surface area (Å²) in [6.45, 7) is 2.44. The van der Waals surface area contributed by atoms with Crippen LogP contribution in [0.2, 0.25) is 5.02 Å². The zero-order valence-corrected chi connectivity index (χ0v) is 10.3. The number of hydrogen-bond acceptors (Lipinski definition) is 1. The van der Waals surface area contributed by atoms with Gasteiger partial charge in [0.15, 0.2) is 0 Å². The summed E-state index contributed by atoms with van der Waals surface area (Å²) < 4.78 is 13.4. The molecule has 0 heterocycles. The molecule has 0 saturated heterocycles. The highest BCUT2D eigenvalue weighted by Gasteiger charge is 2.02. The SMILES string of the molecule is Cc1ccc(Cl)cc1NCc1ccccc1F. The van der Waals surface area contributed by atoms with Crippen LogP contribution in [0.1, 0.15) is 11.1 Å². The Bertz CT molecular complexity index is 525. The van der Waals surface area contributed by atoms with Crippen molar-refractivity contribution in [3.8, 4) is 0 Å². The van der Waals surface area contributed by atoms with Crippen LogP contribution in [0.15, 0.2) is 42.5 Å². The summed E-state index contributed by atoms with van der Waals surface area (Å²) in [6.07, 6.45) is 0. The van der Waals surface area contributed by atoms with E-state index < -0.39 is 0 Å². The highest BCUT2D eigenvalue weighted by Crippen LogP contribution is 2.21. The Morgan fingerprint density at radius 2 is 1.94 bits per heavy atom. The van der Waals surface area contributed by atoms with Crippen molar-refractivity contribution in [3.05, 3.63) is 64.4 Å². The third-order valence-electron chi connectivity index (χ3n) is 2.63. The highest BCUT2D eigenvalue weighted by atomic mass is 35.5. The van der Waals surface area contributed by atoms with Gasteiger partial charge in [0.05, 0.1) is 0 Å². The lowest BCUT2D eigenvalue weighted by Crippen LogP contribution is -2.02. The Labute approximate surface area is 105 Å². The van der Waals surface area contributed by atoms with Crippen LogP contribution in [-0.4, -0.2) is 0 Å². The molecule has 2 aromatic rings. The fraction of sp³-hybridized carbons (Fsp3) is 0.143. The van der Waals surface area contributed by atoms with Crippen LogP contribution in [0.5, 0.6) is 0 Å². The van der Waals surface area contributed by atoms with Gasteiger partial charge in [0, 0.05) is 22.8 Å². The molecule has 3 heteroatoms. The molecule has 2 aromatic carbocycles.